The summed E-state index contributed by atoms with van der Waals surface area (Å²) in [4.78, 5) is 16.9. The molecule has 1 aromatic heterocycles. The molecule has 0 spiro atoms. The number of carbonyl (C=O) groups is 1. The first kappa shape index (κ1) is 18.3. The molecule has 4 nitrogen and oxygen atoms in total. The van der Waals surface area contributed by atoms with Gasteiger partial charge >= 0.3 is 5.97 Å². The van der Waals surface area contributed by atoms with E-state index < -0.39 is 5.97 Å². The van der Waals surface area contributed by atoms with Crippen LogP contribution in [-0.2, 0) is 0 Å². The number of hydrogen-bond acceptors (Lipinski definition) is 3. The summed E-state index contributed by atoms with van der Waals surface area (Å²) >= 11 is 12.2. The summed E-state index contributed by atoms with van der Waals surface area (Å²) in [6, 6.07) is 20.9. The van der Waals surface area contributed by atoms with Crippen molar-refractivity contribution >= 4 is 40.1 Å². The Bertz CT molecular complexity index is 1190. The van der Waals surface area contributed by atoms with E-state index in [1.54, 1.807) is 72.8 Å². The van der Waals surface area contributed by atoms with Crippen LogP contribution in [0.15, 0.2) is 72.8 Å². The first-order valence-corrected chi connectivity index (χ1v) is 9.14. The zero-order chi connectivity index (χ0) is 19.7. The summed E-state index contributed by atoms with van der Waals surface area (Å²) in [5.74, 6) is -0.642. The number of nitrogens with zero attached hydrogens (tertiary/aromatic N) is 1. The highest BCUT2D eigenvalue weighted by molar-refractivity contribution is 6.32. The Morgan fingerprint density at radius 3 is 2.29 bits per heavy atom. The molecule has 1 N–H and O–H groups in total. The number of carboxylic acids is 1. The number of hydrogen-bond donors (Lipinski definition) is 1. The third kappa shape index (κ3) is 3.40. The third-order valence-corrected chi connectivity index (χ3v) is 4.79. The van der Waals surface area contributed by atoms with Crippen molar-refractivity contribution in [3.05, 3.63) is 88.4 Å². The van der Waals surface area contributed by atoms with Gasteiger partial charge in [-0.3, -0.25) is 0 Å². The molecule has 138 valence electrons. The fraction of sp³-hybridized carbons (Fsp3) is 0. The maximum Gasteiger partial charge on any atom is 0.340 e. The van der Waals surface area contributed by atoms with Crippen LogP contribution < -0.4 is 4.74 Å². The molecule has 4 aromatic rings. The summed E-state index contributed by atoms with van der Waals surface area (Å²) in [6.45, 7) is 0. The van der Waals surface area contributed by atoms with Crippen molar-refractivity contribution in [3.63, 3.8) is 0 Å². The summed E-state index contributed by atoms with van der Waals surface area (Å²) in [6.07, 6.45) is 0. The highest BCUT2D eigenvalue weighted by atomic mass is 35.5. The Morgan fingerprint density at radius 2 is 1.57 bits per heavy atom. The van der Waals surface area contributed by atoms with E-state index in [4.69, 9.17) is 27.9 Å². The largest absolute Gasteiger partial charge is 0.478 e. The molecular weight excluding hydrogens is 397 g/mol. The van der Waals surface area contributed by atoms with Gasteiger partial charge in [-0.2, -0.15) is 0 Å². The first-order chi connectivity index (χ1) is 13.5. The summed E-state index contributed by atoms with van der Waals surface area (Å²) < 4.78 is 6.02. The SMILES string of the molecule is O=C(O)c1c(Oc2ccccc2Cl)c(-c2ccc(Cl)cc2)nc2ccccc12. The predicted octanol–water partition coefficient (Wildman–Crippen LogP) is 6.70. The van der Waals surface area contributed by atoms with Crippen molar-refractivity contribution in [1.82, 2.24) is 4.98 Å². The van der Waals surface area contributed by atoms with Gasteiger partial charge in [0.2, 0.25) is 0 Å². The van der Waals surface area contributed by atoms with Crippen LogP contribution in [0.2, 0.25) is 10.0 Å². The Hall–Kier alpha value is -3.08. The second-order valence-corrected chi connectivity index (χ2v) is 6.87. The van der Waals surface area contributed by atoms with Gasteiger partial charge in [-0.05, 0) is 30.3 Å². The van der Waals surface area contributed by atoms with Crippen molar-refractivity contribution in [3.8, 4) is 22.8 Å². The van der Waals surface area contributed by atoms with Gasteiger partial charge in [0.15, 0.2) is 5.75 Å². The van der Waals surface area contributed by atoms with Gasteiger partial charge in [-0.15, -0.1) is 0 Å². The van der Waals surface area contributed by atoms with Gasteiger partial charge < -0.3 is 9.84 Å². The van der Waals surface area contributed by atoms with Gasteiger partial charge in [0.1, 0.15) is 17.0 Å². The van der Waals surface area contributed by atoms with E-state index in [9.17, 15) is 9.90 Å². The lowest BCUT2D eigenvalue weighted by molar-refractivity contribution is 0.0696. The zero-order valence-electron chi connectivity index (χ0n) is 14.4. The third-order valence-electron chi connectivity index (χ3n) is 4.23. The van der Waals surface area contributed by atoms with Gasteiger partial charge in [0.25, 0.3) is 0 Å². The fourth-order valence-corrected chi connectivity index (χ4v) is 3.25. The summed E-state index contributed by atoms with van der Waals surface area (Å²) in [5.41, 5.74) is 1.65. The number of rotatable bonds is 4. The molecule has 0 aliphatic rings. The van der Waals surface area contributed by atoms with Crippen LogP contribution in [0.3, 0.4) is 0 Å². The van der Waals surface area contributed by atoms with Crippen molar-refractivity contribution < 1.29 is 14.6 Å². The smallest absolute Gasteiger partial charge is 0.340 e. The zero-order valence-corrected chi connectivity index (χ0v) is 15.9. The molecule has 0 saturated heterocycles. The highest BCUT2D eigenvalue weighted by Gasteiger charge is 2.24. The van der Waals surface area contributed by atoms with Crippen molar-refractivity contribution in [2.45, 2.75) is 0 Å². The Balaban J connectivity index is 2.04. The molecule has 0 radical (unpaired) electrons. The number of ether oxygens (including phenoxy) is 1. The lowest BCUT2D eigenvalue weighted by Gasteiger charge is -2.16. The van der Waals surface area contributed by atoms with Crippen molar-refractivity contribution in [2.24, 2.45) is 0 Å². The normalized spacial score (nSPS) is 10.8. The van der Waals surface area contributed by atoms with Crippen LogP contribution in [0.5, 0.6) is 11.5 Å². The average Bonchev–Trinajstić information content (AvgIpc) is 2.69. The number of halogens is 2. The molecule has 4 rings (SSSR count). The van der Waals surface area contributed by atoms with Crippen LogP contribution in [0, 0.1) is 0 Å². The minimum atomic E-state index is -1.11. The van der Waals surface area contributed by atoms with E-state index in [0.29, 0.717) is 38.0 Å². The van der Waals surface area contributed by atoms with Crippen LogP contribution in [-0.4, -0.2) is 16.1 Å². The lowest BCUT2D eigenvalue weighted by Crippen LogP contribution is -2.05. The summed E-state index contributed by atoms with van der Waals surface area (Å²) in [5, 5.41) is 11.4. The van der Waals surface area contributed by atoms with Crippen molar-refractivity contribution in [2.75, 3.05) is 0 Å². The molecule has 6 heteroatoms. The fourth-order valence-electron chi connectivity index (χ4n) is 2.95. The second-order valence-electron chi connectivity index (χ2n) is 6.03. The molecule has 0 atom stereocenters. The Morgan fingerprint density at radius 1 is 0.893 bits per heavy atom. The van der Waals surface area contributed by atoms with Crippen LogP contribution in [0.25, 0.3) is 22.2 Å². The number of carboxylic acid groups (broad SMARTS) is 1. The van der Waals surface area contributed by atoms with E-state index in [1.807, 2.05) is 0 Å². The molecular formula is C22H13Cl2NO3. The number of benzene rings is 3. The Kier molecular flexibility index (Phi) is 4.90. The molecule has 0 unspecified atom stereocenters. The van der Waals surface area contributed by atoms with Crippen molar-refractivity contribution in [1.29, 1.82) is 0 Å². The first-order valence-electron chi connectivity index (χ1n) is 8.39. The molecule has 0 bridgehead atoms. The van der Waals surface area contributed by atoms with E-state index in [1.165, 1.54) is 0 Å². The van der Waals surface area contributed by atoms with E-state index in [2.05, 4.69) is 4.98 Å². The van der Waals surface area contributed by atoms with Crippen LogP contribution in [0.4, 0.5) is 0 Å². The number of fused-ring (bicyclic) bond motifs is 1. The number of pyridine rings is 1. The maximum absolute atomic E-state index is 12.2. The number of aromatic nitrogens is 1. The van der Waals surface area contributed by atoms with Crippen LogP contribution in [0.1, 0.15) is 10.4 Å². The van der Waals surface area contributed by atoms with Gasteiger partial charge in [-0.1, -0.05) is 65.7 Å². The molecule has 1 heterocycles. The minimum absolute atomic E-state index is 0.0236. The Labute approximate surface area is 170 Å². The van der Waals surface area contributed by atoms with Gasteiger partial charge in [-0.25, -0.2) is 9.78 Å². The lowest BCUT2D eigenvalue weighted by atomic mass is 10.0. The summed E-state index contributed by atoms with van der Waals surface area (Å²) in [7, 11) is 0. The topological polar surface area (TPSA) is 59.4 Å². The second kappa shape index (κ2) is 7.50. The quantitative estimate of drug-likeness (QED) is 0.407. The minimum Gasteiger partial charge on any atom is -0.478 e. The average molecular weight is 410 g/mol. The number of aromatic carboxylic acids is 1. The van der Waals surface area contributed by atoms with Crippen LogP contribution >= 0.6 is 23.2 Å². The van der Waals surface area contributed by atoms with Gasteiger partial charge in [0.05, 0.1) is 10.5 Å². The number of para-hydroxylation sites is 2. The van der Waals surface area contributed by atoms with E-state index >= 15 is 0 Å². The monoisotopic (exact) mass is 409 g/mol. The molecule has 0 amide bonds. The van der Waals surface area contributed by atoms with E-state index in [-0.39, 0.29) is 11.3 Å². The maximum atomic E-state index is 12.2. The predicted molar refractivity (Wildman–Crippen MR) is 111 cm³/mol. The molecule has 0 aliphatic carbocycles. The molecule has 3 aromatic carbocycles. The standard InChI is InChI=1S/C22H13Cl2NO3/c23-14-11-9-13(10-12-14)20-21(28-18-8-4-2-6-16(18)24)19(22(26)27)15-5-1-3-7-17(15)25-20/h1-12H,(H,26,27). The molecule has 28 heavy (non-hydrogen) atoms. The molecule has 0 saturated carbocycles. The van der Waals surface area contributed by atoms with Gasteiger partial charge in [0, 0.05) is 16.0 Å². The molecule has 0 aliphatic heterocycles. The highest BCUT2D eigenvalue weighted by Crippen LogP contribution is 2.40. The molecule has 0 fully saturated rings. The van der Waals surface area contributed by atoms with E-state index in [0.717, 1.165) is 0 Å².